The van der Waals surface area contributed by atoms with Gasteiger partial charge in [0, 0.05) is 0 Å². The molecule has 0 saturated heterocycles. The zero-order chi connectivity index (χ0) is 9.94. The molecule has 0 bridgehead atoms. The first-order chi connectivity index (χ1) is 5.30. The van der Waals surface area contributed by atoms with Crippen molar-refractivity contribution in [1.29, 1.82) is 0 Å². The average Bonchev–Trinajstić information content (AvgIpc) is 1.85. The predicted molar refractivity (Wildman–Crippen MR) is 43.8 cm³/mol. The minimum absolute atomic E-state index is 0.137. The Morgan fingerprint density at radius 2 is 1.67 bits per heavy atom. The Bertz CT molecular complexity index is 231. The summed E-state index contributed by atoms with van der Waals surface area (Å²) >= 11 is 0. The number of rotatable bonds is 2. The summed E-state index contributed by atoms with van der Waals surface area (Å²) in [5.74, 6) is 0. The second kappa shape index (κ2) is 3.61. The fourth-order valence-electron chi connectivity index (χ4n) is 0.711. The molecule has 0 rings (SSSR count). The van der Waals surface area contributed by atoms with E-state index in [9.17, 15) is 13.2 Å². The van der Waals surface area contributed by atoms with E-state index in [-0.39, 0.29) is 5.57 Å². The van der Waals surface area contributed by atoms with Gasteiger partial charge in [0.15, 0.2) is 0 Å². The van der Waals surface area contributed by atoms with Gasteiger partial charge in [0.25, 0.3) is 0 Å². The van der Waals surface area contributed by atoms with Gasteiger partial charge in [-0.1, -0.05) is 24.8 Å². The van der Waals surface area contributed by atoms with Crippen LogP contribution in [0.4, 0.5) is 13.2 Å². The molecule has 0 fully saturated rings. The van der Waals surface area contributed by atoms with Crippen molar-refractivity contribution in [2.24, 2.45) is 0 Å². The zero-order valence-electron chi connectivity index (χ0n) is 7.13. The minimum atomic E-state index is -4.33. The van der Waals surface area contributed by atoms with Gasteiger partial charge in [0.1, 0.15) is 0 Å². The molecule has 68 valence electrons. The van der Waals surface area contributed by atoms with Crippen molar-refractivity contribution in [2.45, 2.75) is 20.0 Å². The van der Waals surface area contributed by atoms with E-state index in [1.54, 1.807) is 0 Å². The van der Waals surface area contributed by atoms with Gasteiger partial charge >= 0.3 is 6.18 Å². The molecule has 0 saturated carbocycles. The van der Waals surface area contributed by atoms with Gasteiger partial charge in [0.05, 0.1) is 5.57 Å². The zero-order valence-corrected chi connectivity index (χ0v) is 7.13. The Hall–Kier alpha value is -0.990. The minimum Gasteiger partial charge on any atom is -0.166 e. The van der Waals surface area contributed by atoms with E-state index in [0.29, 0.717) is 5.57 Å². The molecule has 0 radical (unpaired) electrons. The first-order valence-electron chi connectivity index (χ1n) is 3.37. The van der Waals surface area contributed by atoms with Crippen LogP contribution in [0.1, 0.15) is 13.8 Å². The summed E-state index contributed by atoms with van der Waals surface area (Å²) in [6.07, 6.45) is -3.52. The molecule has 0 N–H and O–H groups in total. The molecule has 0 atom stereocenters. The molecule has 0 heterocycles. The lowest BCUT2D eigenvalue weighted by Crippen LogP contribution is -2.12. The molecule has 0 aliphatic carbocycles. The number of hydrogen-bond acceptors (Lipinski definition) is 0. The lowest BCUT2D eigenvalue weighted by Gasteiger charge is -2.11. The highest BCUT2D eigenvalue weighted by Gasteiger charge is 2.32. The van der Waals surface area contributed by atoms with Crippen LogP contribution in [0.2, 0.25) is 0 Å². The fourth-order valence-corrected chi connectivity index (χ4v) is 0.711. The highest BCUT2D eigenvalue weighted by molar-refractivity contribution is 5.38. The van der Waals surface area contributed by atoms with Crippen LogP contribution in [-0.2, 0) is 0 Å². The van der Waals surface area contributed by atoms with Crippen molar-refractivity contribution >= 4 is 0 Å². The molecule has 0 nitrogen and oxygen atoms in total. The van der Waals surface area contributed by atoms with Gasteiger partial charge < -0.3 is 0 Å². The fraction of sp³-hybridized carbons (Fsp3) is 0.333. The topological polar surface area (TPSA) is 0 Å². The van der Waals surface area contributed by atoms with Crippen molar-refractivity contribution in [3.8, 4) is 0 Å². The van der Waals surface area contributed by atoms with E-state index in [1.807, 2.05) is 0 Å². The SMILES string of the molecule is C=C/C(=C(/C)C(=C)C)C(F)(F)F. The molecule has 0 spiro atoms. The van der Waals surface area contributed by atoms with Crippen molar-refractivity contribution < 1.29 is 13.2 Å². The Kier molecular flexibility index (Phi) is 3.31. The largest absolute Gasteiger partial charge is 0.416 e. The first kappa shape index (κ1) is 11.0. The van der Waals surface area contributed by atoms with E-state index in [0.717, 1.165) is 6.08 Å². The lowest BCUT2D eigenvalue weighted by atomic mass is 10.0. The summed E-state index contributed by atoms with van der Waals surface area (Å²) in [4.78, 5) is 0. The highest BCUT2D eigenvalue weighted by atomic mass is 19.4. The molecule has 12 heavy (non-hydrogen) atoms. The smallest absolute Gasteiger partial charge is 0.166 e. The van der Waals surface area contributed by atoms with Crippen molar-refractivity contribution in [3.05, 3.63) is 36.0 Å². The van der Waals surface area contributed by atoms with E-state index in [2.05, 4.69) is 13.2 Å². The van der Waals surface area contributed by atoms with E-state index in [1.165, 1.54) is 13.8 Å². The average molecular weight is 176 g/mol. The first-order valence-corrected chi connectivity index (χ1v) is 3.37. The van der Waals surface area contributed by atoms with E-state index in [4.69, 9.17) is 0 Å². The summed E-state index contributed by atoms with van der Waals surface area (Å²) in [5.41, 5.74) is -0.172. The Balaban J connectivity index is 5.14. The normalized spacial score (nSPS) is 13.8. The predicted octanol–water partition coefficient (Wildman–Crippen LogP) is 3.63. The molecule has 0 aliphatic heterocycles. The summed E-state index contributed by atoms with van der Waals surface area (Å²) in [7, 11) is 0. The van der Waals surface area contributed by atoms with Gasteiger partial charge in [0.2, 0.25) is 0 Å². The second-order valence-electron chi connectivity index (χ2n) is 2.52. The van der Waals surface area contributed by atoms with Crippen LogP contribution in [-0.4, -0.2) is 6.18 Å². The van der Waals surface area contributed by atoms with Crippen LogP contribution in [0.5, 0.6) is 0 Å². The molecule has 0 unspecified atom stereocenters. The maximum absolute atomic E-state index is 12.2. The maximum atomic E-state index is 12.2. The van der Waals surface area contributed by atoms with Crippen LogP contribution in [0.25, 0.3) is 0 Å². The Morgan fingerprint density at radius 1 is 1.25 bits per heavy atom. The summed E-state index contributed by atoms with van der Waals surface area (Å²) in [5, 5.41) is 0. The lowest BCUT2D eigenvalue weighted by molar-refractivity contribution is -0.0888. The number of allylic oxidation sites excluding steroid dienone is 4. The van der Waals surface area contributed by atoms with Crippen LogP contribution >= 0.6 is 0 Å². The van der Waals surface area contributed by atoms with Crippen molar-refractivity contribution in [2.75, 3.05) is 0 Å². The summed E-state index contributed by atoms with van der Waals surface area (Å²) in [6, 6.07) is 0. The van der Waals surface area contributed by atoms with Gasteiger partial charge in [-0.2, -0.15) is 13.2 Å². The van der Waals surface area contributed by atoms with Gasteiger partial charge in [-0.15, -0.1) is 0 Å². The number of halogens is 3. The van der Waals surface area contributed by atoms with E-state index >= 15 is 0 Å². The molecular weight excluding hydrogens is 165 g/mol. The van der Waals surface area contributed by atoms with Gasteiger partial charge in [-0.25, -0.2) is 0 Å². The Morgan fingerprint density at radius 3 is 1.75 bits per heavy atom. The van der Waals surface area contributed by atoms with Crippen LogP contribution < -0.4 is 0 Å². The molecule has 0 aromatic heterocycles. The standard InChI is InChI=1S/C9H11F3/c1-5-8(9(10,11)12)7(4)6(2)3/h5H,1-2H2,3-4H3/b8-7+. The number of hydrogen-bond donors (Lipinski definition) is 0. The molecule has 0 aromatic rings. The third-order valence-electron chi connectivity index (χ3n) is 1.55. The van der Waals surface area contributed by atoms with Crippen LogP contribution in [0.15, 0.2) is 36.0 Å². The quantitative estimate of drug-likeness (QED) is 0.563. The molecular formula is C9H11F3. The van der Waals surface area contributed by atoms with Crippen molar-refractivity contribution in [3.63, 3.8) is 0 Å². The van der Waals surface area contributed by atoms with Gasteiger partial charge in [-0.3, -0.25) is 0 Å². The van der Waals surface area contributed by atoms with Crippen LogP contribution in [0, 0.1) is 0 Å². The summed E-state index contributed by atoms with van der Waals surface area (Å²) < 4.78 is 36.5. The molecule has 0 aliphatic rings. The third kappa shape index (κ3) is 2.57. The third-order valence-corrected chi connectivity index (χ3v) is 1.55. The summed E-state index contributed by atoms with van der Waals surface area (Å²) in [6.45, 7) is 9.46. The molecule has 0 amide bonds. The second-order valence-corrected chi connectivity index (χ2v) is 2.52. The Labute approximate surface area is 70.1 Å². The molecule has 0 aromatic carbocycles. The van der Waals surface area contributed by atoms with Crippen molar-refractivity contribution in [1.82, 2.24) is 0 Å². The molecule has 3 heteroatoms. The maximum Gasteiger partial charge on any atom is 0.416 e. The monoisotopic (exact) mass is 176 g/mol. The highest BCUT2D eigenvalue weighted by Crippen LogP contribution is 2.30. The number of alkyl halides is 3. The van der Waals surface area contributed by atoms with Crippen LogP contribution in [0.3, 0.4) is 0 Å². The van der Waals surface area contributed by atoms with E-state index < -0.39 is 11.7 Å². The van der Waals surface area contributed by atoms with Gasteiger partial charge in [-0.05, 0) is 19.4 Å².